The highest BCUT2D eigenvalue weighted by Gasteiger charge is 2.17. The number of fused-ring (bicyclic) bond motifs is 1. The van der Waals surface area contributed by atoms with Crippen molar-refractivity contribution in [2.75, 3.05) is 31.2 Å². The first-order valence-electron chi connectivity index (χ1n) is 9.06. The molecule has 0 bridgehead atoms. The third-order valence-electron chi connectivity index (χ3n) is 4.57. The summed E-state index contributed by atoms with van der Waals surface area (Å²) >= 11 is 3.44. The molecule has 0 atom stereocenters. The molecule has 1 aliphatic heterocycles. The van der Waals surface area contributed by atoms with E-state index in [1.165, 1.54) is 5.56 Å². The highest BCUT2D eigenvalue weighted by molar-refractivity contribution is 9.10. The summed E-state index contributed by atoms with van der Waals surface area (Å²) in [6.07, 6.45) is 3.32. The van der Waals surface area contributed by atoms with E-state index in [9.17, 15) is 0 Å². The number of nitrogens with two attached hydrogens (primary N) is 1. The largest absolute Gasteiger partial charge is 0.404 e. The number of rotatable bonds is 4. The SMILES string of the molecule is Cc1cccc(/C(C=Nc2cc(N3CCOCC3)n3nc(Br)cc3n2)=C/N)c1. The van der Waals surface area contributed by atoms with Gasteiger partial charge in [0.15, 0.2) is 11.5 Å². The molecule has 4 rings (SSSR count). The Morgan fingerprint density at radius 1 is 1.25 bits per heavy atom. The molecular weight excluding hydrogens is 420 g/mol. The Morgan fingerprint density at radius 3 is 2.82 bits per heavy atom. The lowest BCUT2D eigenvalue weighted by molar-refractivity contribution is 0.122. The summed E-state index contributed by atoms with van der Waals surface area (Å²) in [5.41, 5.74) is 9.61. The van der Waals surface area contributed by atoms with E-state index < -0.39 is 0 Å². The number of hydrogen-bond donors (Lipinski definition) is 1. The molecule has 28 heavy (non-hydrogen) atoms. The van der Waals surface area contributed by atoms with Gasteiger partial charge in [-0.05, 0) is 28.4 Å². The molecule has 1 aliphatic rings. The summed E-state index contributed by atoms with van der Waals surface area (Å²) in [4.78, 5) is 11.4. The number of hydrogen-bond acceptors (Lipinski definition) is 6. The van der Waals surface area contributed by atoms with Crippen LogP contribution in [-0.2, 0) is 4.74 Å². The van der Waals surface area contributed by atoms with Gasteiger partial charge in [0.2, 0.25) is 0 Å². The molecular formula is C20H21BrN6O. The van der Waals surface area contributed by atoms with E-state index in [0.717, 1.165) is 40.3 Å². The third kappa shape index (κ3) is 3.93. The molecule has 0 spiro atoms. The summed E-state index contributed by atoms with van der Waals surface area (Å²) < 4.78 is 8.04. The zero-order chi connectivity index (χ0) is 19.5. The summed E-state index contributed by atoms with van der Waals surface area (Å²) in [7, 11) is 0. The van der Waals surface area contributed by atoms with Gasteiger partial charge >= 0.3 is 0 Å². The zero-order valence-electron chi connectivity index (χ0n) is 15.5. The lowest BCUT2D eigenvalue weighted by Crippen LogP contribution is -2.37. The minimum Gasteiger partial charge on any atom is -0.404 e. The lowest BCUT2D eigenvalue weighted by atomic mass is 10.1. The first-order valence-corrected chi connectivity index (χ1v) is 9.85. The van der Waals surface area contributed by atoms with Crippen LogP contribution < -0.4 is 10.6 Å². The maximum Gasteiger partial charge on any atom is 0.161 e. The van der Waals surface area contributed by atoms with E-state index in [1.54, 1.807) is 12.4 Å². The Balaban J connectivity index is 1.71. The first kappa shape index (κ1) is 18.6. The summed E-state index contributed by atoms with van der Waals surface area (Å²) in [5.74, 6) is 1.55. The predicted octanol–water partition coefficient (Wildman–Crippen LogP) is 3.34. The van der Waals surface area contributed by atoms with Gasteiger partial charge < -0.3 is 15.4 Å². The molecule has 3 aromatic rings. The number of allylic oxidation sites excluding steroid dienone is 1. The molecule has 2 N–H and O–H groups in total. The van der Waals surface area contributed by atoms with Crippen LogP contribution in [0.5, 0.6) is 0 Å². The molecule has 0 unspecified atom stereocenters. The molecule has 2 aromatic heterocycles. The number of halogens is 1. The van der Waals surface area contributed by atoms with Crippen molar-refractivity contribution in [1.82, 2.24) is 14.6 Å². The Bertz CT molecular complexity index is 1050. The van der Waals surface area contributed by atoms with E-state index in [4.69, 9.17) is 10.5 Å². The van der Waals surface area contributed by atoms with E-state index >= 15 is 0 Å². The van der Waals surface area contributed by atoms with E-state index in [2.05, 4.69) is 55.0 Å². The first-order chi connectivity index (χ1) is 13.6. The standard InChI is InChI=1S/C20H21BrN6O/c1-14-3-2-4-15(9-14)16(12-22)13-23-18-11-20(26-5-7-28-8-6-26)27-19(24-18)10-17(21)25-27/h2-4,9-13H,5-8,22H2,1H3/b16-12+,23-13?. The van der Waals surface area contributed by atoms with Crippen molar-refractivity contribution >= 4 is 45.0 Å². The molecule has 7 nitrogen and oxygen atoms in total. The second kappa shape index (κ2) is 8.12. The van der Waals surface area contributed by atoms with Crippen molar-refractivity contribution in [3.8, 4) is 0 Å². The number of nitrogens with zero attached hydrogens (tertiary/aromatic N) is 5. The van der Waals surface area contributed by atoms with Crippen molar-refractivity contribution in [3.05, 3.63) is 58.3 Å². The Kier molecular flexibility index (Phi) is 5.40. The molecule has 0 saturated carbocycles. The summed E-state index contributed by atoms with van der Waals surface area (Å²) in [6.45, 7) is 5.04. The van der Waals surface area contributed by atoms with Crippen LogP contribution in [0.1, 0.15) is 11.1 Å². The fourth-order valence-corrected chi connectivity index (χ4v) is 3.54. The Hall–Kier alpha value is -2.71. The minimum absolute atomic E-state index is 0.605. The molecule has 1 aromatic carbocycles. The topological polar surface area (TPSA) is 81.0 Å². The van der Waals surface area contributed by atoms with Gasteiger partial charge in [-0.2, -0.15) is 9.61 Å². The smallest absolute Gasteiger partial charge is 0.161 e. The highest BCUT2D eigenvalue weighted by Crippen LogP contribution is 2.25. The maximum atomic E-state index is 5.84. The van der Waals surface area contributed by atoms with Crippen molar-refractivity contribution in [1.29, 1.82) is 0 Å². The van der Waals surface area contributed by atoms with Crippen molar-refractivity contribution in [2.45, 2.75) is 6.92 Å². The van der Waals surface area contributed by atoms with Gasteiger partial charge in [0.05, 0.1) is 13.2 Å². The zero-order valence-corrected chi connectivity index (χ0v) is 17.1. The number of aliphatic imine (C=N–C) groups is 1. The minimum atomic E-state index is 0.605. The van der Waals surface area contributed by atoms with Gasteiger partial charge in [-0.25, -0.2) is 9.98 Å². The molecule has 3 heterocycles. The lowest BCUT2D eigenvalue weighted by Gasteiger charge is -2.28. The Labute approximate surface area is 171 Å². The number of ether oxygens (including phenoxy) is 1. The second-order valence-electron chi connectivity index (χ2n) is 6.56. The number of aryl methyl sites for hydroxylation is 1. The van der Waals surface area contributed by atoms with Gasteiger partial charge in [0.1, 0.15) is 10.4 Å². The van der Waals surface area contributed by atoms with Crippen molar-refractivity contribution in [3.63, 3.8) is 0 Å². The predicted molar refractivity (Wildman–Crippen MR) is 115 cm³/mol. The van der Waals surface area contributed by atoms with Gasteiger partial charge in [0, 0.05) is 43.2 Å². The van der Waals surface area contributed by atoms with Gasteiger partial charge in [0.25, 0.3) is 0 Å². The van der Waals surface area contributed by atoms with Crippen molar-refractivity contribution in [2.24, 2.45) is 10.7 Å². The maximum absolute atomic E-state index is 5.84. The molecule has 0 amide bonds. The normalized spacial score (nSPS) is 15.6. The van der Waals surface area contributed by atoms with E-state index in [0.29, 0.717) is 19.0 Å². The monoisotopic (exact) mass is 440 g/mol. The van der Waals surface area contributed by atoms with Crippen LogP contribution in [-0.4, -0.2) is 47.1 Å². The molecule has 1 fully saturated rings. The second-order valence-corrected chi connectivity index (χ2v) is 7.37. The average Bonchev–Trinajstić information content (AvgIpc) is 3.08. The van der Waals surface area contributed by atoms with Gasteiger partial charge in [-0.1, -0.05) is 29.8 Å². The molecule has 144 valence electrons. The van der Waals surface area contributed by atoms with Gasteiger partial charge in [-0.15, -0.1) is 0 Å². The fraction of sp³-hybridized carbons (Fsp3) is 0.250. The quantitative estimate of drug-likeness (QED) is 0.629. The number of anilines is 1. The number of benzene rings is 1. The van der Waals surface area contributed by atoms with E-state index in [1.807, 2.05) is 28.8 Å². The fourth-order valence-electron chi connectivity index (χ4n) is 3.18. The van der Waals surface area contributed by atoms with Crippen molar-refractivity contribution < 1.29 is 4.74 Å². The highest BCUT2D eigenvalue weighted by atomic mass is 79.9. The van der Waals surface area contributed by atoms with Crippen LogP contribution in [0, 0.1) is 6.92 Å². The van der Waals surface area contributed by atoms with Crippen LogP contribution in [0.15, 0.2) is 52.2 Å². The molecule has 0 radical (unpaired) electrons. The molecule has 0 aliphatic carbocycles. The number of morpholine rings is 1. The third-order valence-corrected chi connectivity index (χ3v) is 4.95. The molecule has 8 heteroatoms. The summed E-state index contributed by atoms with van der Waals surface area (Å²) in [6, 6.07) is 12.0. The average molecular weight is 441 g/mol. The Morgan fingerprint density at radius 2 is 2.07 bits per heavy atom. The van der Waals surface area contributed by atoms with Crippen LogP contribution in [0.25, 0.3) is 11.2 Å². The number of aromatic nitrogens is 3. The summed E-state index contributed by atoms with van der Waals surface area (Å²) in [5, 5.41) is 4.50. The van der Waals surface area contributed by atoms with Crippen LogP contribution in [0.3, 0.4) is 0 Å². The van der Waals surface area contributed by atoms with Crippen LogP contribution >= 0.6 is 15.9 Å². The van der Waals surface area contributed by atoms with Gasteiger partial charge in [-0.3, -0.25) is 0 Å². The van der Waals surface area contributed by atoms with E-state index in [-0.39, 0.29) is 0 Å². The molecule has 1 saturated heterocycles. The van der Waals surface area contributed by atoms with Crippen LogP contribution in [0.2, 0.25) is 0 Å². The van der Waals surface area contributed by atoms with Crippen LogP contribution in [0.4, 0.5) is 11.6 Å².